The average molecular weight is 454 g/mol. The van der Waals surface area contributed by atoms with Crippen LogP contribution in [0.5, 0.6) is 0 Å². The molecule has 4 rings (SSSR count). The number of alkyl halides is 3. The highest BCUT2D eigenvalue weighted by molar-refractivity contribution is 6.30. The van der Waals surface area contributed by atoms with E-state index in [1.54, 1.807) is 40.1 Å². The van der Waals surface area contributed by atoms with Crippen LogP contribution in [0.3, 0.4) is 0 Å². The molecule has 31 heavy (non-hydrogen) atoms. The van der Waals surface area contributed by atoms with Gasteiger partial charge < -0.3 is 14.9 Å². The fourth-order valence-electron chi connectivity index (χ4n) is 4.25. The number of β-amino-alcohol motifs (C(OH)–C–C–N with tert-alkyl or cyclic N) is 1. The van der Waals surface area contributed by atoms with Crippen molar-refractivity contribution in [2.45, 2.75) is 18.3 Å². The number of hydrogen-bond acceptors (Lipinski definition) is 4. The zero-order chi connectivity index (χ0) is 22.2. The number of nitrogens with zero attached hydrogens (tertiary/aromatic N) is 3. The van der Waals surface area contributed by atoms with E-state index in [4.69, 9.17) is 11.6 Å². The third-order valence-electron chi connectivity index (χ3n) is 5.96. The highest BCUT2D eigenvalue weighted by Crippen LogP contribution is 2.33. The first kappa shape index (κ1) is 21.9. The Kier molecular flexibility index (Phi) is 6.14. The minimum Gasteiger partial charge on any atom is -0.390 e. The first-order chi connectivity index (χ1) is 14.7. The number of carbonyl (C=O) groups is 1. The molecule has 2 atom stereocenters. The third-order valence-corrected chi connectivity index (χ3v) is 6.21. The maximum atomic E-state index is 13.0. The van der Waals surface area contributed by atoms with E-state index >= 15 is 0 Å². The molecule has 2 aliphatic heterocycles. The lowest BCUT2D eigenvalue weighted by Crippen LogP contribution is -2.54. The van der Waals surface area contributed by atoms with E-state index < -0.39 is 17.8 Å². The SMILES string of the molecule is O=C(c1ccc(Cl)cc1)N1CCN(C2CN(c3cccc(C(F)(F)F)c3)CC2O)CC1. The van der Waals surface area contributed by atoms with Crippen LogP contribution >= 0.6 is 11.6 Å². The molecule has 0 spiro atoms. The summed E-state index contributed by atoms with van der Waals surface area (Å²) in [5.41, 5.74) is 0.333. The van der Waals surface area contributed by atoms with Gasteiger partial charge in [0.25, 0.3) is 5.91 Å². The Bertz CT molecular complexity index is 930. The van der Waals surface area contributed by atoms with Gasteiger partial charge in [0, 0.05) is 55.5 Å². The molecule has 1 amide bonds. The second kappa shape index (κ2) is 8.68. The van der Waals surface area contributed by atoms with Crippen molar-refractivity contribution in [1.82, 2.24) is 9.80 Å². The van der Waals surface area contributed by atoms with Crippen LogP contribution in [-0.4, -0.2) is 72.2 Å². The van der Waals surface area contributed by atoms with Gasteiger partial charge in [0.1, 0.15) is 0 Å². The van der Waals surface area contributed by atoms with Crippen LogP contribution < -0.4 is 4.90 Å². The molecule has 2 aliphatic rings. The number of carbonyl (C=O) groups excluding carboxylic acids is 1. The molecule has 166 valence electrons. The summed E-state index contributed by atoms with van der Waals surface area (Å²) in [5, 5.41) is 11.2. The van der Waals surface area contributed by atoms with Crippen LogP contribution in [0.4, 0.5) is 18.9 Å². The monoisotopic (exact) mass is 453 g/mol. The van der Waals surface area contributed by atoms with Crippen LogP contribution in [0.25, 0.3) is 0 Å². The molecule has 9 heteroatoms. The molecule has 0 aromatic heterocycles. The van der Waals surface area contributed by atoms with Crippen molar-refractivity contribution in [2.75, 3.05) is 44.2 Å². The summed E-state index contributed by atoms with van der Waals surface area (Å²) in [4.78, 5) is 18.3. The van der Waals surface area contributed by atoms with Crippen molar-refractivity contribution < 1.29 is 23.1 Å². The predicted molar refractivity (Wildman–Crippen MR) is 112 cm³/mol. The first-order valence-electron chi connectivity index (χ1n) is 10.1. The van der Waals surface area contributed by atoms with Gasteiger partial charge in [0.15, 0.2) is 0 Å². The normalized spacial score (nSPS) is 22.7. The molecule has 1 N–H and O–H groups in total. The van der Waals surface area contributed by atoms with Gasteiger partial charge in [-0.25, -0.2) is 0 Å². The number of aliphatic hydroxyl groups is 1. The summed E-state index contributed by atoms with van der Waals surface area (Å²) >= 11 is 5.88. The zero-order valence-electron chi connectivity index (χ0n) is 16.7. The lowest BCUT2D eigenvalue weighted by molar-refractivity contribution is -0.137. The van der Waals surface area contributed by atoms with Crippen molar-refractivity contribution in [1.29, 1.82) is 0 Å². The molecule has 2 aromatic carbocycles. The summed E-state index contributed by atoms with van der Waals surface area (Å²) in [6, 6.07) is 11.8. The van der Waals surface area contributed by atoms with E-state index in [0.717, 1.165) is 12.1 Å². The van der Waals surface area contributed by atoms with Gasteiger partial charge in [0.05, 0.1) is 17.7 Å². The Labute approximate surface area is 183 Å². The lowest BCUT2D eigenvalue weighted by atomic mass is 10.1. The van der Waals surface area contributed by atoms with Crippen molar-refractivity contribution >= 4 is 23.2 Å². The molecule has 5 nitrogen and oxygen atoms in total. The summed E-state index contributed by atoms with van der Waals surface area (Å²) in [6.07, 6.45) is -5.08. The first-order valence-corrected chi connectivity index (χ1v) is 10.5. The molecule has 0 radical (unpaired) electrons. The van der Waals surface area contributed by atoms with E-state index in [1.807, 2.05) is 0 Å². The average Bonchev–Trinajstić information content (AvgIpc) is 3.15. The molecule has 0 aliphatic carbocycles. The number of halogens is 4. The van der Waals surface area contributed by atoms with E-state index in [-0.39, 0.29) is 18.5 Å². The second-order valence-corrected chi connectivity index (χ2v) is 8.36. The van der Waals surface area contributed by atoms with Crippen LogP contribution in [0, 0.1) is 0 Å². The van der Waals surface area contributed by atoms with Crippen LogP contribution in [0.1, 0.15) is 15.9 Å². The van der Waals surface area contributed by atoms with Gasteiger partial charge in [0.2, 0.25) is 0 Å². The number of benzene rings is 2. The Morgan fingerprint density at radius 1 is 1.00 bits per heavy atom. The van der Waals surface area contributed by atoms with E-state index in [9.17, 15) is 23.1 Å². The Hall–Kier alpha value is -2.29. The van der Waals surface area contributed by atoms with Crippen molar-refractivity contribution in [3.05, 3.63) is 64.7 Å². The molecule has 0 saturated carbocycles. The third kappa shape index (κ3) is 4.81. The second-order valence-electron chi connectivity index (χ2n) is 7.92. The maximum absolute atomic E-state index is 13.0. The molecular weight excluding hydrogens is 431 g/mol. The zero-order valence-corrected chi connectivity index (χ0v) is 17.5. The number of piperazine rings is 1. The molecule has 2 heterocycles. The van der Waals surface area contributed by atoms with Crippen LogP contribution in [0.15, 0.2) is 48.5 Å². The van der Waals surface area contributed by atoms with Crippen molar-refractivity contribution in [3.63, 3.8) is 0 Å². The number of aliphatic hydroxyl groups excluding tert-OH is 1. The van der Waals surface area contributed by atoms with Gasteiger partial charge >= 0.3 is 6.18 Å². The fraction of sp³-hybridized carbons (Fsp3) is 0.409. The molecule has 2 saturated heterocycles. The smallest absolute Gasteiger partial charge is 0.390 e. The fourth-order valence-corrected chi connectivity index (χ4v) is 4.38. The number of anilines is 1. The summed E-state index contributed by atoms with van der Waals surface area (Å²) in [5.74, 6) is -0.0612. The topological polar surface area (TPSA) is 47.0 Å². The summed E-state index contributed by atoms with van der Waals surface area (Å²) in [7, 11) is 0. The number of rotatable bonds is 3. The minimum absolute atomic E-state index is 0.0612. The predicted octanol–water partition coefficient (Wildman–Crippen LogP) is 3.37. The maximum Gasteiger partial charge on any atom is 0.416 e. The molecule has 0 bridgehead atoms. The molecule has 2 aromatic rings. The lowest BCUT2D eigenvalue weighted by Gasteiger charge is -2.38. The Morgan fingerprint density at radius 3 is 2.32 bits per heavy atom. The van der Waals surface area contributed by atoms with Crippen LogP contribution in [0.2, 0.25) is 5.02 Å². The van der Waals surface area contributed by atoms with Gasteiger partial charge in [-0.1, -0.05) is 17.7 Å². The van der Waals surface area contributed by atoms with Gasteiger partial charge in [-0.2, -0.15) is 13.2 Å². The van der Waals surface area contributed by atoms with E-state index in [1.165, 1.54) is 6.07 Å². The van der Waals surface area contributed by atoms with Gasteiger partial charge in [-0.3, -0.25) is 9.69 Å². The highest BCUT2D eigenvalue weighted by atomic mass is 35.5. The Balaban J connectivity index is 1.37. The van der Waals surface area contributed by atoms with E-state index in [0.29, 0.717) is 49.0 Å². The van der Waals surface area contributed by atoms with E-state index in [2.05, 4.69) is 4.90 Å². The summed E-state index contributed by atoms with van der Waals surface area (Å²) < 4.78 is 39.1. The van der Waals surface area contributed by atoms with Crippen molar-refractivity contribution in [2.24, 2.45) is 0 Å². The Morgan fingerprint density at radius 2 is 1.68 bits per heavy atom. The summed E-state index contributed by atoms with van der Waals surface area (Å²) in [6.45, 7) is 2.95. The van der Waals surface area contributed by atoms with Gasteiger partial charge in [-0.15, -0.1) is 0 Å². The molecule has 2 unspecified atom stereocenters. The van der Waals surface area contributed by atoms with Crippen molar-refractivity contribution in [3.8, 4) is 0 Å². The highest BCUT2D eigenvalue weighted by Gasteiger charge is 2.38. The standard InChI is InChI=1S/C22H23ClF3N3O2/c23-17-6-4-15(5-7-17)21(31)28-10-8-27(9-11-28)19-13-29(14-20(19)30)18-3-1-2-16(12-18)22(24,25)26/h1-7,12,19-20,30H,8-11,13-14H2. The van der Waals surface area contributed by atoms with Crippen LogP contribution in [-0.2, 0) is 6.18 Å². The van der Waals surface area contributed by atoms with Gasteiger partial charge in [-0.05, 0) is 42.5 Å². The number of hydrogen-bond donors (Lipinski definition) is 1. The molecule has 2 fully saturated rings. The molecular formula is C22H23ClF3N3O2. The number of amides is 1. The quantitative estimate of drug-likeness (QED) is 0.774. The minimum atomic E-state index is -4.40. The largest absolute Gasteiger partial charge is 0.416 e.